The quantitative estimate of drug-likeness (QED) is 0.847. The number of imidazole rings is 1. The summed E-state index contributed by atoms with van der Waals surface area (Å²) >= 11 is 0. The van der Waals surface area contributed by atoms with E-state index in [-0.39, 0.29) is 6.03 Å². The Morgan fingerprint density at radius 1 is 1.15 bits per heavy atom. The summed E-state index contributed by atoms with van der Waals surface area (Å²) in [4.78, 5) is 17.7. The molecule has 0 saturated carbocycles. The third-order valence-corrected chi connectivity index (χ3v) is 3.29. The SMILES string of the molecule is CCCn1c(=NC(=O)N(C)C)n(CC)c2ccccc21. The van der Waals surface area contributed by atoms with E-state index in [4.69, 9.17) is 0 Å². The first-order chi connectivity index (χ1) is 9.60. The summed E-state index contributed by atoms with van der Waals surface area (Å²) in [5, 5.41) is 0. The molecule has 0 fully saturated rings. The van der Waals surface area contributed by atoms with Gasteiger partial charge in [0.1, 0.15) is 0 Å². The number of hydrogen-bond donors (Lipinski definition) is 0. The molecule has 0 atom stereocenters. The van der Waals surface area contributed by atoms with E-state index in [2.05, 4.69) is 40.1 Å². The molecular weight excluding hydrogens is 252 g/mol. The van der Waals surface area contributed by atoms with Gasteiger partial charge in [-0.2, -0.15) is 4.99 Å². The molecule has 0 bridgehead atoms. The minimum atomic E-state index is -0.229. The minimum Gasteiger partial charge on any atom is -0.329 e. The smallest absolute Gasteiger partial charge is 0.329 e. The molecule has 0 unspecified atom stereocenters. The average Bonchev–Trinajstić information content (AvgIpc) is 2.73. The van der Waals surface area contributed by atoms with Gasteiger partial charge in [0.2, 0.25) is 5.62 Å². The van der Waals surface area contributed by atoms with E-state index in [0.717, 1.165) is 36.2 Å². The first kappa shape index (κ1) is 14.4. The molecule has 1 aromatic heterocycles. The third-order valence-electron chi connectivity index (χ3n) is 3.29. The molecule has 5 heteroatoms. The van der Waals surface area contributed by atoms with Crippen LogP contribution in [0, 0.1) is 0 Å². The number of fused-ring (bicyclic) bond motifs is 1. The largest absolute Gasteiger partial charge is 0.346 e. The van der Waals surface area contributed by atoms with Gasteiger partial charge in [-0.3, -0.25) is 0 Å². The number of aryl methyl sites for hydroxylation is 2. The first-order valence-corrected chi connectivity index (χ1v) is 7.04. The van der Waals surface area contributed by atoms with E-state index in [1.165, 1.54) is 4.90 Å². The second kappa shape index (κ2) is 5.94. The van der Waals surface area contributed by atoms with Crippen LogP contribution in [0.4, 0.5) is 4.79 Å². The first-order valence-electron chi connectivity index (χ1n) is 7.04. The Labute approximate surface area is 119 Å². The Morgan fingerprint density at radius 3 is 2.25 bits per heavy atom. The molecule has 20 heavy (non-hydrogen) atoms. The van der Waals surface area contributed by atoms with Gasteiger partial charge in [-0.15, -0.1) is 0 Å². The van der Waals surface area contributed by atoms with Gasteiger partial charge in [0.25, 0.3) is 0 Å². The van der Waals surface area contributed by atoms with E-state index in [1.54, 1.807) is 14.1 Å². The lowest BCUT2D eigenvalue weighted by Crippen LogP contribution is -2.30. The molecule has 2 aromatic rings. The van der Waals surface area contributed by atoms with Crippen molar-refractivity contribution < 1.29 is 4.79 Å². The maximum atomic E-state index is 11.9. The van der Waals surface area contributed by atoms with Crippen molar-refractivity contribution in [3.05, 3.63) is 29.9 Å². The van der Waals surface area contributed by atoms with E-state index in [9.17, 15) is 4.79 Å². The third kappa shape index (κ3) is 2.48. The summed E-state index contributed by atoms with van der Waals surface area (Å²) in [6.45, 7) is 5.84. The fourth-order valence-corrected chi connectivity index (χ4v) is 2.34. The van der Waals surface area contributed by atoms with Crippen molar-refractivity contribution in [3.8, 4) is 0 Å². The molecule has 2 rings (SSSR count). The molecular formula is C15H22N4O. The fourth-order valence-electron chi connectivity index (χ4n) is 2.34. The van der Waals surface area contributed by atoms with Crippen molar-refractivity contribution in [2.24, 2.45) is 4.99 Å². The Kier molecular flexibility index (Phi) is 4.27. The molecule has 0 saturated heterocycles. The van der Waals surface area contributed by atoms with Gasteiger partial charge >= 0.3 is 6.03 Å². The van der Waals surface area contributed by atoms with Gasteiger partial charge in [-0.25, -0.2) is 4.79 Å². The number of carbonyl (C=O) groups excluding carboxylic acids is 1. The number of urea groups is 1. The maximum absolute atomic E-state index is 11.9. The van der Waals surface area contributed by atoms with Crippen LogP contribution in [0.5, 0.6) is 0 Å². The lowest BCUT2D eigenvalue weighted by atomic mass is 10.3. The zero-order valence-corrected chi connectivity index (χ0v) is 12.6. The minimum absolute atomic E-state index is 0.229. The van der Waals surface area contributed by atoms with Gasteiger partial charge in [-0.1, -0.05) is 19.1 Å². The van der Waals surface area contributed by atoms with Crippen LogP contribution in [0.15, 0.2) is 29.3 Å². The average molecular weight is 274 g/mol. The number of rotatable bonds is 3. The van der Waals surface area contributed by atoms with Crippen LogP contribution >= 0.6 is 0 Å². The molecule has 0 N–H and O–H groups in total. The fraction of sp³-hybridized carbons (Fsp3) is 0.467. The number of amides is 2. The van der Waals surface area contributed by atoms with Gasteiger partial charge in [0, 0.05) is 27.2 Å². The highest BCUT2D eigenvalue weighted by Gasteiger charge is 2.11. The standard InChI is InChI=1S/C15H22N4O/c1-5-11-19-13-10-8-7-9-12(13)18(6-2)14(19)16-15(20)17(3)4/h7-10H,5-6,11H2,1-4H3. The van der Waals surface area contributed by atoms with Gasteiger partial charge in [0.15, 0.2) is 0 Å². The van der Waals surface area contributed by atoms with E-state index >= 15 is 0 Å². The second-order valence-corrected chi connectivity index (χ2v) is 4.97. The van der Waals surface area contributed by atoms with Crippen LogP contribution in [0.2, 0.25) is 0 Å². The Hall–Kier alpha value is -2.04. The summed E-state index contributed by atoms with van der Waals surface area (Å²) in [5.41, 5.74) is 2.98. The Morgan fingerprint density at radius 2 is 1.75 bits per heavy atom. The van der Waals surface area contributed by atoms with Crippen molar-refractivity contribution in [2.75, 3.05) is 14.1 Å². The number of para-hydroxylation sites is 2. The molecule has 0 aliphatic heterocycles. The summed E-state index contributed by atoms with van der Waals surface area (Å²) in [7, 11) is 3.43. The molecule has 0 aliphatic rings. The summed E-state index contributed by atoms with van der Waals surface area (Å²) < 4.78 is 4.21. The van der Waals surface area contributed by atoms with Gasteiger partial charge in [-0.05, 0) is 25.5 Å². The summed E-state index contributed by atoms with van der Waals surface area (Å²) in [6, 6.07) is 7.96. The summed E-state index contributed by atoms with van der Waals surface area (Å²) in [6.07, 6.45) is 1.00. The Bertz CT molecular complexity index is 679. The predicted octanol–water partition coefficient (Wildman–Crippen LogP) is 2.46. The van der Waals surface area contributed by atoms with E-state index < -0.39 is 0 Å². The zero-order valence-electron chi connectivity index (χ0n) is 12.6. The Balaban J connectivity index is 2.79. The van der Waals surface area contributed by atoms with Gasteiger partial charge in [0.05, 0.1) is 11.0 Å². The molecule has 0 aliphatic carbocycles. The summed E-state index contributed by atoms with van der Waals surface area (Å²) in [5.74, 6) is 0. The van der Waals surface area contributed by atoms with Crippen molar-refractivity contribution in [1.29, 1.82) is 0 Å². The lowest BCUT2D eigenvalue weighted by Gasteiger charge is -2.07. The normalized spacial score (nSPS) is 12.1. The van der Waals surface area contributed by atoms with Crippen LogP contribution in [-0.4, -0.2) is 34.2 Å². The maximum Gasteiger partial charge on any atom is 0.346 e. The number of nitrogens with zero attached hydrogens (tertiary/aromatic N) is 4. The molecule has 0 radical (unpaired) electrons. The van der Waals surface area contributed by atoms with E-state index in [0.29, 0.717) is 0 Å². The molecule has 1 aromatic carbocycles. The van der Waals surface area contributed by atoms with Crippen LogP contribution in [0.25, 0.3) is 11.0 Å². The molecule has 2 amide bonds. The van der Waals surface area contributed by atoms with Crippen molar-refractivity contribution >= 4 is 17.1 Å². The molecule has 0 spiro atoms. The van der Waals surface area contributed by atoms with Crippen LogP contribution in [-0.2, 0) is 13.1 Å². The van der Waals surface area contributed by atoms with Crippen molar-refractivity contribution in [3.63, 3.8) is 0 Å². The topological polar surface area (TPSA) is 42.5 Å². The lowest BCUT2D eigenvalue weighted by molar-refractivity contribution is 0.225. The number of hydrogen-bond acceptors (Lipinski definition) is 1. The molecule has 5 nitrogen and oxygen atoms in total. The molecule has 1 heterocycles. The highest BCUT2D eigenvalue weighted by molar-refractivity contribution is 5.77. The zero-order chi connectivity index (χ0) is 14.7. The van der Waals surface area contributed by atoms with Gasteiger partial charge < -0.3 is 14.0 Å². The number of carbonyl (C=O) groups is 1. The second-order valence-electron chi connectivity index (χ2n) is 4.97. The highest BCUT2D eigenvalue weighted by atomic mass is 16.2. The number of benzene rings is 1. The van der Waals surface area contributed by atoms with Crippen LogP contribution in [0.3, 0.4) is 0 Å². The number of aromatic nitrogens is 2. The van der Waals surface area contributed by atoms with Crippen LogP contribution < -0.4 is 5.62 Å². The monoisotopic (exact) mass is 274 g/mol. The predicted molar refractivity (Wildman–Crippen MR) is 80.5 cm³/mol. The van der Waals surface area contributed by atoms with E-state index in [1.807, 2.05) is 12.1 Å². The van der Waals surface area contributed by atoms with Crippen molar-refractivity contribution in [2.45, 2.75) is 33.4 Å². The van der Waals surface area contributed by atoms with Crippen LogP contribution in [0.1, 0.15) is 20.3 Å². The molecule has 108 valence electrons. The van der Waals surface area contributed by atoms with Crippen molar-refractivity contribution in [1.82, 2.24) is 14.0 Å². The highest BCUT2D eigenvalue weighted by Crippen LogP contribution is 2.13.